The van der Waals surface area contributed by atoms with Crippen molar-refractivity contribution in [3.63, 3.8) is 0 Å². The van der Waals surface area contributed by atoms with Gasteiger partial charge in [-0.25, -0.2) is 0 Å². The zero-order valence-electron chi connectivity index (χ0n) is 23.0. The van der Waals surface area contributed by atoms with E-state index in [-0.39, 0.29) is 16.9 Å². The van der Waals surface area contributed by atoms with Gasteiger partial charge in [-0.2, -0.15) is 0 Å². The largest absolute Gasteiger partial charge is 0.508 e. The molecule has 0 heterocycles. The fourth-order valence-electron chi connectivity index (χ4n) is 7.28. The molecule has 208 valence electrons. The topological polar surface area (TPSA) is 169 Å². The summed E-state index contributed by atoms with van der Waals surface area (Å²) in [5.41, 5.74) is -7.21. The van der Waals surface area contributed by atoms with Gasteiger partial charge in [0.2, 0.25) is 5.78 Å². The van der Waals surface area contributed by atoms with Crippen molar-refractivity contribution in [3.05, 3.63) is 51.8 Å². The van der Waals surface area contributed by atoms with Crippen molar-refractivity contribution in [1.82, 2.24) is 0 Å². The van der Waals surface area contributed by atoms with Crippen LogP contribution in [0.4, 0.5) is 0 Å². The Labute approximate surface area is 226 Å². The quantitative estimate of drug-likeness (QED) is 0.285. The lowest BCUT2D eigenvalue weighted by Gasteiger charge is -2.63. The van der Waals surface area contributed by atoms with Crippen molar-refractivity contribution in [3.8, 4) is 5.75 Å². The van der Waals surface area contributed by atoms with E-state index in [2.05, 4.69) is 0 Å². The summed E-state index contributed by atoms with van der Waals surface area (Å²) in [6, 6.07) is 3.14. The number of Topliss-reactive ketones (excluding diaryl/α,β-unsaturated/α-hetero) is 3. The van der Waals surface area contributed by atoms with Crippen LogP contribution in [0.1, 0.15) is 71.1 Å². The van der Waals surface area contributed by atoms with Crippen LogP contribution >= 0.6 is 0 Å². The van der Waals surface area contributed by atoms with E-state index in [1.807, 2.05) is 0 Å². The highest BCUT2D eigenvalue weighted by molar-refractivity contribution is 6.24. The number of phenols is 1. The Morgan fingerprint density at radius 3 is 2.15 bits per heavy atom. The standard InChI is InChI=1S/C30H34O9/c1-12(2)20-23(34)18(15(5)32)25(36)30(39)26(37)21-24(35)19-17(11-10-16(22(19)33)9-8-13(3)31)14(4)28(21,6)27(38)29(20,30)7/h8-12,14,20,27,33,35-36,38-39H,1-7H3/b9-8+/t14-,20?,27-,28+,29+,30+/m1/s1. The van der Waals surface area contributed by atoms with Crippen molar-refractivity contribution < 1.29 is 44.7 Å². The number of aliphatic hydroxyl groups is 4. The highest BCUT2D eigenvalue weighted by atomic mass is 16.4. The van der Waals surface area contributed by atoms with Gasteiger partial charge in [-0.3, -0.25) is 19.2 Å². The number of rotatable bonds is 4. The van der Waals surface area contributed by atoms with Crippen LogP contribution in [-0.2, 0) is 19.2 Å². The van der Waals surface area contributed by atoms with Gasteiger partial charge in [-0.1, -0.05) is 46.8 Å². The lowest BCUT2D eigenvalue weighted by Crippen LogP contribution is -2.75. The van der Waals surface area contributed by atoms with Gasteiger partial charge in [-0.05, 0) is 43.4 Å². The first-order valence-electron chi connectivity index (χ1n) is 12.8. The van der Waals surface area contributed by atoms with Crippen LogP contribution in [0.2, 0.25) is 0 Å². The number of ketones is 4. The first-order chi connectivity index (χ1) is 17.9. The van der Waals surface area contributed by atoms with E-state index in [0.717, 1.165) is 6.92 Å². The monoisotopic (exact) mass is 538 g/mol. The summed E-state index contributed by atoms with van der Waals surface area (Å²) in [7, 11) is 0. The van der Waals surface area contributed by atoms with Crippen LogP contribution < -0.4 is 0 Å². The molecule has 0 spiro atoms. The van der Waals surface area contributed by atoms with E-state index in [4.69, 9.17) is 0 Å². The predicted octanol–water partition coefficient (Wildman–Crippen LogP) is 3.32. The SMILES string of the molecule is CC(=O)/C=C/c1ccc2c(c1O)C(O)=C1C(=O)[C@@]3(O)C(O)=C(C(C)=O)C(=O)C(C(C)C)[C@@]3(C)[C@H](O)[C@@]1(C)[C@@H]2C. The number of aromatic hydroxyl groups is 1. The number of allylic oxidation sites excluding steroid dienone is 2. The number of benzene rings is 1. The molecule has 39 heavy (non-hydrogen) atoms. The Kier molecular flexibility index (Phi) is 6.36. The van der Waals surface area contributed by atoms with Crippen molar-refractivity contribution >= 4 is 35.0 Å². The molecule has 1 fully saturated rings. The Morgan fingerprint density at radius 1 is 1.05 bits per heavy atom. The number of hydrogen-bond donors (Lipinski definition) is 5. The average Bonchev–Trinajstić information content (AvgIpc) is 2.83. The third-order valence-electron chi connectivity index (χ3n) is 9.36. The van der Waals surface area contributed by atoms with E-state index in [9.17, 15) is 44.7 Å². The van der Waals surface area contributed by atoms with Crippen molar-refractivity contribution in [2.75, 3.05) is 0 Å². The van der Waals surface area contributed by atoms with Crippen LogP contribution in [0.5, 0.6) is 5.75 Å². The molecule has 3 aliphatic rings. The molecule has 9 heteroatoms. The minimum atomic E-state index is -2.93. The minimum absolute atomic E-state index is 0.115. The van der Waals surface area contributed by atoms with Gasteiger partial charge in [-0.15, -0.1) is 0 Å². The van der Waals surface area contributed by atoms with Gasteiger partial charge in [0.1, 0.15) is 22.8 Å². The van der Waals surface area contributed by atoms with Gasteiger partial charge < -0.3 is 25.5 Å². The summed E-state index contributed by atoms with van der Waals surface area (Å²) in [6.07, 6.45) is 0.895. The molecule has 1 aromatic rings. The zero-order valence-corrected chi connectivity index (χ0v) is 23.0. The zero-order chi connectivity index (χ0) is 29.6. The van der Waals surface area contributed by atoms with Crippen LogP contribution in [0.15, 0.2) is 35.1 Å². The van der Waals surface area contributed by atoms with Gasteiger partial charge in [0, 0.05) is 22.3 Å². The maximum atomic E-state index is 14.4. The fourth-order valence-corrected chi connectivity index (χ4v) is 7.28. The maximum absolute atomic E-state index is 14.4. The highest BCUT2D eigenvalue weighted by Crippen LogP contribution is 2.67. The molecule has 0 amide bonds. The van der Waals surface area contributed by atoms with Gasteiger partial charge in [0.25, 0.3) is 0 Å². The number of carbonyl (C=O) groups is 4. The minimum Gasteiger partial charge on any atom is -0.508 e. The summed E-state index contributed by atoms with van der Waals surface area (Å²) in [6.45, 7) is 10.2. The Bertz CT molecular complexity index is 1440. The molecule has 1 saturated carbocycles. The molecule has 1 unspecified atom stereocenters. The molecule has 6 atom stereocenters. The lowest BCUT2D eigenvalue weighted by atomic mass is 9.40. The van der Waals surface area contributed by atoms with E-state index < -0.39 is 86.1 Å². The van der Waals surface area contributed by atoms with Gasteiger partial charge in [0.15, 0.2) is 23.0 Å². The van der Waals surface area contributed by atoms with E-state index in [1.54, 1.807) is 26.8 Å². The molecule has 9 nitrogen and oxygen atoms in total. The molecule has 0 aromatic heterocycles. The number of fused-ring (bicyclic) bond motifs is 3. The molecule has 3 aliphatic carbocycles. The molecule has 4 rings (SSSR count). The number of phenolic OH excluding ortho intramolecular Hbond substituents is 1. The van der Waals surface area contributed by atoms with E-state index >= 15 is 0 Å². The van der Waals surface area contributed by atoms with Crippen LogP contribution in [0, 0.1) is 22.7 Å². The van der Waals surface area contributed by atoms with Crippen molar-refractivity contribution in [2.45, 2.75) is 66.1 Å². The Balaban J connectivity index is 2.13. The Morgan fingerprint density at radius 2 is 1.64 bits per heavy atom. The molecule has 1 aromatic carbocycles. The summed E-state index contributed by atoms with van der Waals surface area (Å²) >= 11 is 0. The van der Waals surface area contributed by atoms with Crippen molar-refractivity contribution in [1.29, 1.82) is 0 Å². The second-order valence-corrected chi connectivity index (χ2v) is 11.7. The molecule has 0 radical (unpaired) electrons. The maximum Gasteiger partial charge on any atom is 0.203 e. The third-order valence-corrected chi connectivity index (χ3v) is 9.36. The summed E-state index contributed by atoms with van der Waals surface area (Å²) < 4.78 is 0. The highest BCUT2D eigenvalue weighted by Gasteiger charge is 2.77. The first-order valence-corrected chi connectivity index (χ1v) is 12.8. The molecule has 0 saturated heterocycles. The van der Waals surface area contributed by atoms with Crippen LogP contribution in [-0.4, -0.2) is 60.4 Å². The van der Waals surface area contributed by atoms with Crippen LogP contribution in [0.25, 0.3) is 11.8 Å². The predicted molar refractivity (Wildman–Crippen MR) is 142 cm³/mol. The first kappa shape index (κ1) is 28.4. The number of aliphatic hydroxyl groups excluding tert-OH is 3. The van der Waals surface area contributed by atoms with Crippen LogP contribution in [0.3, 0.4) is 0 Å². The van der Waals surface area contributed by atoms with Gasteiger partial charge in [0.05, 0.1) is 17.2 Å². The summed E-state index contributed by atoms with van der Waals surface area (Å²) in [4.78, 5) is 51.8. The average molecular weight is 539 g/mol. The van der Waals surface area contributed by atoms with E-state index in [0.29, 0.717) is 5.56 Å². The molecular formula is C30H34O9. The van der Waals surface area contributed by atoms with E-state index in [1.165, 1.54) is 39.0 Å². The second kappa shape index (κ2) is 8.72. The third kappa shape index (κ3) is 3.26. The summed E-state index contributed by atoms with van der Waals surface area (Å²) in [5.74, 6) is -7.92. The normalized spacial score (nSPS) is 34.4. The lowest BCUT2D eigenvalue weighted by molar-refractivity contribution is -0.215. The number of hydrogen-bond acceptors (Lipinski definition) is 9. The molecule has 5 N–H and O–H groups in total. The molecule has 0 aliphatic heterocycles. The second-order valence-electron chi connectivity index (χ2n) is 11.7. The Hall–Kier alpha value is -3.56. The molecular weight excluding hydrogens is 504 g/mol. The smallest absolute Gasteiger partial charge is 0.203 e. The molecule has 0 bridgehead atoms. The summed E-state index contributed by atoms with van der Waals surface area (Å²) in [5, 5.41) is 58.1. The van der Waals surface area contributed by atoms with Gasteiger partial charge >= 0.3 is 0 Å². The fraction of sp³-hybridized carbons (Fsp3) is 0.467. The van der Waals surface area contributed by atoms with Crippen molar-refractivity contribution in [2.24, 2.45) is 22.7 Å². The number of carbonyl (C=O) groups excluding carboxylic acids is 4.